The van der Waals surface area contributed by atoms with Crippen molar-refractivity contribution in [3.05, 3.63) is 48.1 Å². The summed E-state index contributed by atoms with van der Waals surface area (Å²) in [6.45, 7) is 8.85. The Kier molecular flexibility index (Phi) is 8.20. The van der Waals surface area contributed by atoms with Gasteiger partial charge in [0.2, 0.25) is 5.91 Å². The Morgan fingerprint density at radius 3 is 2.68 bits per heavy atom. The van der Waals surface area contributed by atoms with Crippen LogP contribution in [0, 0.1) is 17.0 Å². The highest BCUT2D eigenvalue weighted by Gasteiger charge is 2.50. The van der Waals surface area contributed by atoms with E-state index in [2.05, 4.69) is 21.5 Å². The van der Waals surface area contributed by atoms with E-state index in [-0.39, 0.29) is 70.2 Å². The Balaban J connectivity index is 1.43. The molecule has 2 N–H and O–H groups in total. The zero-order valence-corrected chi connectivity index (χ0v) is 28.4. The Labute approximate surface area is 287 Å². The van der Waals surface area contributed by atoms with Crippen LogP contribution in [0.25, 0.3) is 32.2 Å². The topological polar surface area (TPSA) is 101 Å². The van der Waals surface area contributed by atoms with E-state index in [1.807, 2.05) is 18.7 Å². The molecule has 0 aliphatic carbocycles. The second-order valence-corrected chi connectivity index (χ2v) is 15.1. The van der Waals surface area contributed by atoms with E-state index in [9.17, 15) is 26.7 Å². The van der Waals surface area contributed by atoms with Crippen LogP contribution in [0.2, 0.25) is 0 Å². The Hall–Kier alpha value is -4.18. The molecule has 9 nitrogen and oxygen atoms in total. The van der Waals surface area contributed by atoms with Crippen molar-refractivity contribution in [3.63, 3.8) is 0 Å². The third kappa shape index (κ3) is 5.60. The fourth-order valence-electron chi connectivity index (χ4n) is 8.06. The molecule has 16 heteroatoms. The number of likely N-dealkylation sites (N-methyl/N-ethyl adjacent to an activating group) is 1. The molecule has 3 fully saturated rings. The van der Waals surface area contributed by atoms with Crippen molar-refractivity contribution in [2.45, 2.75) is 57.0 Å². The molecule has 0 spiro atoms. The molecule has 3 atom stereocenters. The van der Waals surface area contributed by atoms with Gasteiger partial charge in [0.1, 0.15) is 29.9 Å². The maximum absolute atomic E-state index is 17.0. The summed E-state index contributed by atoms with van der Waals surface area (Å²) in [5, 5.41) is -0.354. The number of benzene rings is 2. The molecule has 7 rings (SSSR count). The number of thiazole rings is 1. The first-order chi connectivity index (χ1) is 23.5. The van der Waals surface area contributed by atoms with Crippen LogP contribution in [0.5, 0.6) is 6.01 Å². The molecular formula is C34H35F6N7O2S. The summed E-state index contributed by atoms with van der Waals surface area (Å²) in [5.41, 5.74) is 1.39. The Bertz CT molecular complexity index is 2040. The number of amides is 1. The maximum atomic E-state index is 17.0. The van der Waals surface area contributed by atoms with Gasteiger partial charge >= 0.3 is 12.2 Å². The van der Waals surface area contributed by atoms with Crippen LogP contribution in [-0.2, 0) is 11.0 Å². The van der Waals surface area contributed by atoms with Crippen LogP contribution >= 0.6 is 11.3 Å². The molecule has 0 unspecified atom stereocenters. The minimum atomic E-state index is -5.08. The molecular weight excluding hydrogens is 684 g/mol. The van der Waals surface area contributed by atoms with Crippen LogP contribution in [0.1, 0.15) is 38.7 Å². The highest BCUT2D eigenvalue weighted by atomic mass is 32.1. The van der Waals surface area contributed by atoms with Gasteiger partial charge in [-0.1, -0.05) is 31.8 Å². The monoisotopic (exact) mass is 719 g/mol. The third-order valence-corrected chi connectivity index (χ3v) is 11.3. The number of carbonyl (C=O) groups is 1. The molecule has 50 heavy (non-hydrogen) atoms. The van der Waals surface area contributed by atoms with Crippen molar-refractivity contribution in [1.29, 1.82) is 0 Å². The van der Waals surface area contributed by atoms with E-state index in [0.29, 0.717) is 19.5 Å². The van der Waals surface area contributed by atoms with Crippen LogP contribution in [-0.4, -0.2) is 88.2 Å². The summed E-state index contributed by atoms with van der Waals surface area (Å²) >= 11 is 0.733. The van der Waals surface area contributed by atoms with E-state index in [4.69, 9.17) is 10.5 Å². The van der Waals surface area contributed by atoms with Gasteiger partial charge in [0.15, 0.2) is 10.9 Å². The zero-order chi connectivity index (χ0) is 35.9. The first-order valence-electron chi connectivity index (χ1n) is 16.2. The molecule has 4 aromatic rings. The summed E-state index contributed by atoms with van der Waals surface area (Å²) in [7, 11) is 1.61. The summed E-state index contributed by atoms with van der Waals surface area (Å²) in [6, 6.07) is 1.98. The molecule has 3 aliphatic heterocycles. The standard InChI is InChI=1S/C34H35F6N7O2S/c1-5-23(48)46-14-22(32(2,3)15-46)45(4)29-19-11-20(34(38,39)40)24(18-7-8-21(36)28-27(18)42-30(41)50-28)25(37)26(19)43-31(44-29)49-16-33-9-6-10-47(33)13-17(35)12-33/h5,7-8,11,17,22H,1,6,9-10,12-16H2,2-4H3,(H2,41,42)/t17-,22-,33+/m1/s1. The molecule has 0 radical (unpaired) electrons. The number of fused-ring (bicyclic) bond motifs is 3. The number of nitrogens with two attached hydrogens (primary N) is 1. The number of ether oxygens (including phenoxy) is 1. The number of carbonyl (C=O) groups excluding carboxylic acids is 1. The smallest absolute Gasteiger partial charge is 0.417 e. The van der Waals surface area contributed by atoms with Crippen LogP contribution < -0.4 is 15.4 Å². The molecule has 1 amide bonds. The lowest BCUT2D eigenvalue weighted by Crippen LogP contribution is -2.44. The molecule has 5 heterocycles. The maximum Gasteiger partial charge on any atom is 0.417 e. The number of hydrogen-bond acceptors (Lipinski definition) is 9. The normalized spacial score (nSPS) is 23.6. The second-order valence-electron chi connectivity index (χ2n) is 14.1. The Morgan fingerprint density at radius 1 is 1.20 bits per heavy atom. The molecule has 2 aromatic carbocycles. The first kappa shape index (κ1) is 34.3. The van der Waals surface area contributed by atoms with E-state index in [1.54, 1.807) is 16.8 Å². The average molecular weight is 720 g/mol. The minimum Gasteiger partial charge on any atom is -0.461 e. The van der Waals surface area contributed by atoms with Gasteiger partial charge in [0.05, 0.1) is 27.4 Å². The molecule has 0 bridgehead atoms. The summed E-state index contributed by atoms with van der Waals surface area (Å²) in [5.74, 6) is -2.46. The number of alkyl halides is 4. The second kappa shape index (κ2) is 12.0. The molecule has 2 aromatic heterocycles. The highest BCUT2D eigenvalue weighted by Crippen LogP contribution is 2.47. The van der Waals surface area contributed by atoms with Gasteiger partial charge in [-0.2, -0.15) is 23.1 Å². The third-order valence-electron chi connectivity index (χ3n) is 10.4. The predicted octanol–water partition coefficient (Wildman–Crippen LogP) is 6.60. The van der Waals surface area contributed by atoms with Crippen LogP contribution in [0.15, 0.2) is 30.9 Å². The molecule has 3 aliphatic rings. The van der Waals surface area contributed by atoms with Crippen molar-refractivity contribution in [2.24, 2.45) is 5.41 Å². The number of aromatic nitrogens is 3. The Morgan fingerprint density at radius 2 is 1.96 bits per heavy atom. The fraction of sp³-hybridized carbons (Fsp3) is 0.471. The van der Waals surface area contributed by atoms with Gasteiger partial charge in [-0.05, 0) is 43.7 Å². The summed E-state index contributed by atoms with van der Waals surface area (Å²) in [4.78, 5) is 30.8. The van der Waals surface area contributed by atoms with Crippen molar-refractivity contribution in [3.8, 4) is 17.1 Å². The first-order valence-corrected chi connectivity index (χ1v) is 17.0. The van der Waals surface area contributed by atoms with Gasteiger partial charge in [0, 0.05) is 55.0 Å². The summed E-state index contributed by atoms with van der Waals surface area (Å²) in [6.07, 6.45) is -3.18. The number of rotatable bonds is 7. The van der Waals surface area contributed by atoms with Crippen molar-refractivity contribution in [1.82, 2.24) is 24.8 Å². The fourth-order valence-corrected chi connectivity index (χ4v) is 8.83. The SMILES string of the molecule is C=CC(=O)N1C[C@@H](N(C)c2nc(OC[C@@]34CCCN3C[C@H](F)C4)nc3c(F)c(-c4ccc(F)c5sc(N)nc45)c(C(F)(F)F)cc23)C(C)(C)C1. The number of nitrogen functional groups attached to an aromatic ring is 1. The lowest BCUT2D eigenvalue weighted by Gasteiger charge is -2.35. The van der Waals surface area contributed by atoms with E-state index in [0.717, 1.165) is 36.0 Å². The quantitative estimate of drug-likeness (QED) is 0.169. The van der Waals surface area contributed by atoms with Gasteiger partial charge in [-0.15, -0.1) is 0 Å². The lowest BCUT2D eigenvalue weighted by atomic mass is 9.86. The number of nitrogens with zero attached hydrogens (tertiary/aromatic N) is 6. The van der Waals surface area contributed by atoms with Gasteiger partial charge < -0.3 is 20.3 Å². The van der Waals surface area contributed by atoms with Gasteiger partial charge in [-0.25, -0.2) is 18.2 Å². The lowest BCUT2D eigenvalue weighted by molar-refractivity contribution is -0.137. The van der Waals surface area contributed by atoms with Crippen molar-refractivity contribution < 1.29 is 35.9 Å². The zero-order valence-electron chi connectivity index (χ0n) is 27.6. The van der Waals surface area contributed by atoms with E-state index < -0.39 is 57.6 Å². The minimum absolute atomic E-state index is 0.00951. The molecule has 0 saturated carbocycles. The van der Waals surface area contributed by atoms with Crippen molar-refractivity contribution >= 4 is 49.3 Å². The average Bonchev–Trinajstić information content (AvgIpc) is 3.79. The largest absolute Gasteiger partial charge is 0.461 e. The molecule has 3 saturated heterocycles. The van der Waals surface area contributed by atoms with E-state index in [1.165, 1.54) is 6.08 Å². The van der Waals surface area contributed by atoms with Gasteiger partial charge in [-0.3, -0.25) is 9.69 Å². The van der Waals surface area contributed by atoms with Crippen molar-refractivity contribution in [2.75, 3.05) is 50.5 Å². The van der Waals surface area contributed by atoms with Crippen LogP contribution in [0.4, 0.5) is 37.3 Å². The number of anilines is 2. The number of likely N-dealkylation sites (tertiary alicyclic amines) is 1. The van der Waals surface area contributed by atoms with Gasteiger partial charge in [0.25, 0.3) is 0 Å². The number of hydrogen-bond donors (Lipinski definition) is 1. The predicted molar refractivity (Wildman–Crippen MR) is 179 cm³/mol. The molecule has 266 valence electrons. The van der Waals surface area contributed by atoms with Crippen LogP contribution in [0.3, 0.4) is 0 Å². The highest BCUT2D eigenvalue weighted by molar-refractivity contribution is 7.22. The summed E-state index contributed by atoms with van der Waals surface area (Å²) < 4.78 is 97.1. The van der Waals surface area contributed by atoms with E-state index >= 15 is 4.39 Å². The number of halogens is 6.